The van der Waals surface area contributed by atoms with Crippen molar-refractivity contribution in [2.24, 2.45) is 0 Å². The lowest BCUT2D eigenvalue weighted by Gasteiger charge is -2.35. The second-order valence-electron chi connectivity index (χ2n) is 7.68. The molecule has 2 N–H and O–H groups in total. The predicted octanol–water partition coefficient (Wildman–Crippen LogP) is 5.13. The number of nitrogens with zero attached hydrogens (tertiary/aromatic N) is 2. The Morgan fingerprint density at radius 2 is 1.97 bits per heavy atom. The van der Waals surface area contributed by atoms with Crippen molar-refractivity contribution < 1.29 is 9.47 Å². The third kappa shape index (κ3) is 4.67. The van der Waals surface area contributed by atoms with Gasteiger partial charge in [-0.25, -0.2) is 4.98 Å². The molecule has 4 rings (SSSR count). The number of anilines is 1. The van der Waals surface area contributed by atoms with E-state index in [1.165, 1.54) is 4.90 Å². The van der Waals surface area contributed by atoms with Crippen molar-refractivity contribution in [3.05, 3.63) is 77.3 Å². The summed E-state index contributed by atoms with van der Waals surface area (Å²) in [5, 5.41) is 0.719. The number of aryl methyl sites for hydroxylation is 1. The molecular weight excluding hydrogens is 418 g/mol. The molecule has 1 saturated heterocycles. The number of rotatable bonds is 7. The highest BCUT2D eigenvalue weighted by molar-refractivity contribution is 7.99. The zero-order chi connectivity index (χ0) is 21.1. The van der Waals surface area contributed by atoms with Crippen LogP contribution in [0, 0.1) is 6.92 Å². The summed E-state index contributed by atoms with van der Waals surface area (Å²) in [7, 11) is 0. The molecule has 0 spiro atoms. The SMILES string of the molecule is Cc1cncn1CC1(C(C)c2ccc(Cl)cc2)OCC(CSc2ccc(N)cc2)O1. The number of ether oxygens (including phenoxy) is 2. The maximum Gasteiger partial charge on any atom is 0.193 e. The number of imidazole rings is 1. The number of nitrogens with two attached hydrogens (primary N) is 1. The summed E-state index contributed by atoms with van der Waals surface area (Å²) in [6.07, 6.45) is 3.67. The molecule has 0 bridgehead atoms. The van der Waals surface area contributed by atoms with Crippen LogP contribution in [0.2, 0.25) is 5.02 Å². The second kappa shape index (κ2) is 9.02. The monoisotopic (exact) mass is 443 g/mol. The van der Waals surface area contributed by atoms with Gasteiger partial charge >= 0.3 is 0 Å². The van der Waals surface area contributed by atoms with Gasteiger partial charge in [-0.05, 0) is 48.9 Å². The zero-order valence-electron chi connectivity index (χ0n) is 17.1. The molecule has 7 heteroatoms. The highest BCUT2D eigenvalue weighted by Crippen LogP contribution is 2.40. The topological polar surface area (TPSA) is 62.3 Å². The molecule has 2 heterocycles. The van der Waals surface area contributed by atoms with Gasteiger partial charge in [0.25, 0.3) is 0 Å². The maximum atomic E-state index is 6.62. The van der Waals surface area contributed by atoms with Crippen LogP contribution < -0.4 is 5.73 Å². The van der Waals surface area contributed by atoms with Crippen LogP contribution in [0.3, 0.4) is 0 Å². The fraction of sp³-hybridized carbons (Fsp3) is 0.348. The Hall–Kier alpha value is -1.99. The fourth-order valence-corrected chi connectivity index (χ4v) is 4.66. The summed E-state index contributed by atoms with van der Waals surface area (Å²) in [4.78, 5) is 5.43. The summed E-state index contributed by atoms with van der Waals surface area (Å²) in [5.41, 5.74) is 8.76. The number of nitrogen functional groups attached to an aromatic ring is 1. The summed E-state index contributed by atoms with van der Waals surface area (Å²) < 4.78 is 15.1. The van der Waals surface area contributed by atoms with E-state index in [1.54, 1.807) is 11.8 Å². The molecular formula is C23H26ClN3O2S. The van der Waals surface area contributed by atoms with Gasteiger partial charge in [-0.3, -0.25) is 0 Å². The Balaban J connectivity index is 1.52. The summed E-state index contributed by atoms with van der Waals surface area (Å²) >= 11 is 7.84. The second-order valence-corrected chi connectivity index (χ2v) is 9.21. The van der Waals surface area contributed by atoms with Crippen LogP contribution in [-0.4, -0.2) is 33.8 Å². The van der Waals surface area contributed by atoms with E-state index < -0.39 is 5.79 Å². The lowest BCUT2D eigenvalue weighted by atomic mass is 9.92. The van der Waals surface area contributed by atoms with E-state index in [0.29, 0.717) is 13.2 Å². The molecule has 0 aliphatic carbocycles. The Labute approximate surface area is 186 Å². The van der Waals surface area contributed by atoms with E-state index in [2.05, 4.69) is 16.5 Å². The number of aromatic nitrogens is 2. The maximum absolute atomic E-state index is 6.62. The van der Waals surface area contributed by atoms with Gasteiger partial charge < -0.3 is 19.8 Å². The van der Waals surface area contributed by atoms with E-state index >= 15 is 0 Å². The van der Waals surface area contributed by atoms with Crippen molar-refractivity contribution in [3.8, 4) is 0 Å². The molecule has 158 valence electrons. The average molecular weight is 444 g/mol. The van der Waals surface area contributed by atoms with E-state index in [1.807, 2.05) is 68.0 Å². The highest BCUT2D eigenvalue weighted by atomic mass is 35.5. The highest BCUT2D eigenvalue weighted by Gasteiger charge is 2.47. The van der Waals surface area contributed by atoms with Crippen molar-refractivity contribution in [1.82, 2.24) is 9.55 Å². The molecule has 1 aliphatic rings. The first kappa shape index (κ1) is 21.2. The van der Waals surface area contributed by atoms with Crippen LogP contribution in [-0.2, 0) is 16.0 Å². The summed E-state index contributed by atoms with van der Waals surface area (Å²) in [6.45, 7) is 5.31. The minimum atomic E-state index is -0.772. The van der Waals surface area contributed by atoms with Crippen LogP contribution in [0.25, 0.3) is 0 Å². The number of halogens is 1. The zero-order valence-corrected chi connectivity index (χ0v) is 18.7. The molecule has 3 atom stereocenters. The lowest BCUT2D eigenvalue weighted by Crippen LogP contribution is -2.41. The number of hydrogen-bond acceptors (Lipinski definition) is 5. The van der Waals surface area contributed by atoms with Gasteiger partial charge in [-0.15, -0.1) is 11.8 Å². The molecule has 0 saturated carbocycles. The number of thioether (sulfide) groups is 1. The van der Waals surface area contributed by atoms with E-state index in [-0.39, 0.29) is 12.0 Å². The van der Waals surface area contributed by atoms with Gasteiger partial charge in [0, 0.05) is 39.2 Å². The van der Waals surface area contributed by atoms with Gasteiger partial charge in [-0.2, -0.15) is 0 Å². The molecule has 5 nitrogen and oxygen atoms in total. The Morgan fingerprint density at radius 1 is 1.23 bits per heavy atom. The van der Waals surface area contributed by atoms with Gasteiger partial charge in [0.15, 0.2) is 5.79 Å². The van der Waals surface area contributed by atoms with E-state index in [4.69, 9.17) is 26.8 Å². The number of benzene rings is 2. The summed E-state index contributed by atoms with van der Waals surface area (Å²) in [5.74, 6) is 0.0520. The van der Waals surface area contributed by atoms with Crippen LogP contribution in [0.1, 0.15) is 24.1 Å². The fourth-order valence-electron chi connectivity index (χ4n) is 3.66. The summed E-state index contributed by atoms with van der Waals surface area (Å²) in [6, 6.07) is 15.8. The third-order valence-electron chi connectivity index (χ3n) is 5.54. The van der Waals surface area contributed by atoms with Crippen molar-refractivity contribution >= 4 is 29.1 Å². The van der Waals surface area contributed by atoms with Crippen molar-refractivity contribution in [2.75, 3.05) is 18.1 Å². The smallest absolute Gasteiger partial charge is 0.193 e. The molecule has 3 aromatic rings. The molecule has 0 amide bonds. The molecule has 2 aromatic carbocycles. The standard InChI is InChI=1S/C23H26ClN3O2S/c1-16-11-26-15-27(16)14-23(17(2)18-3-5-19(24)6-4-18)28-12-21(29-23)13-30-22-9-7-20(25)8-10-22/h3-11,15,17,21H,12-14,25H2,1-2H3. The van der Waals surface area contributed by atoms with Crippen molar-refractivity contribution in [1.29, 1.82) is 0 Å². The minimum absolute atomic E-state index is 0.00821. The first-order chi connectivity index (χ1) is 14.4. The van der Waals surface area contributed by atoms with E-state index in [9.17, 15) is 0 Å². The van der Waals surface area contributed by atoms with Gasteiger partial charge in [0.2, 0.25) is 0 Å². The molecule has 3 unspecified atom stereocenters. The first-order valence-corrected chi connectivity index (χ1v) is 11.3. The van der Waals surface area contributed by atoms with Crippen LogP contribution >= 0.6 is 23.4 Å². The first-order valence-electron chi connectivity index (χ1n) is 9.97. The van der Waals surface area contributed by atoms with Gasteiger partial charge in [-0.1, -0.05) is 30.7 Å². The molecule has 1 aromatic heterocycles. The van der Waals surface area contributed by atoms with Crippen LogP contribution in [0.15, 0.2) is 66.0 Å². The van der Waals surface area contributed by atoms with Crippen molar-refractivity contribution in [3.63, 3.8) is 0 Å². The van der Waals surface area contributed by atoms with Crippen molar-refractivity contribution in [2.45, 2.75) is 43.1 Å². The lowest BCUT2D eigenvalue weighted by molar-refractivity contribution is -0.190. The van der Waals surface area contributed by atoms with Gasteiger partial charge in [0.1, 0.15) is 0 Å². The minimum Gasteiger partial charge on any atom is -0.399 e. The third-order valence-corrected chi connectivity index (χ3v) is 6.93. The Bertz CT molecular complexity index is 977. The molecule has 1 aliphatic heterocycles. The molecule has 0 radical (unpaired) electrons. The molecule has 30 heavy (non-hydrogen) atoms. The normalized spacial score (nSPS) is 22.3. The quantitative estimate of drug-likeness (QED) is 0.405. The van der Waals surface area contributed by atoms with E-state index in [0.717, 1.165) is 27.7 Å². The predicted molar refractivity (Wildman–Crippen MR) is 122 cm³/mol. The Morgan fingerprint density at radius 3 is 2.63 bits per heavy atom. The van der Waals surface area contributed by atoms with Crippen LogP contribution in [0.4, 0.5) is 5.69 Å². The average Bonchev–Trinajstić information content (AvgIpc) is 3.35. The van der Waals surface area contributed by atoms with Gasteiger partial charge in [0.05, 0.1) is 25.6 Å². The Kier molecular flexibility index (Phi) is 6.39. The van der Waals surface area contributed by atoms with Crippen LogP contribution in [0.5, 0.6) is 0 Å². The number of hydrogen-bond donors (Lipinski definition) is 1. The molecule has 1 fully saturated rings. The largest absolute Gasteiger partial charge is 0.399 e.